The summed E-state index contributed by atoms with van der Waals surface area (Å²) < 4.78 is 0. The van der Waals surface area contributed by atoms with E-state index in [-0.39, 0.29) is 24.0 Å². The minimum atomic E-state index is 0. The summed E-state index contributed by atoms with van der Waals surface area (Å²) in [5.74, 6) is 1.97. The van der Waals surface area contributed by atoms with E-state index < -0.39 is 0 Å². The van der Waals surface area contributed by atoms with Crippen LogP contribution in [0.1, 0.15) is 5.01 Å². The van der Waals surface area contributed by atoms with Crippen LogP contribution in [0.15, 0.2) is 65.1 Å². The van der Waals surface area contributed by atoms with Gasteiger partial charge in [0.25, 0.3) is 0 Å². The van der Waals surface area contributed by atoms with Crippen LogP contribution in [0.2, 0.25) is 0 Å². The lowest BCUT2D eigenvalue weighted by Crippen LogP contribution is -2.52. The van der Waals surface area contributed by atoms with Crippen LogP contribution in [0.4, 0.5) is 5.82 Å². The van der Waals surface area contributed by atoms with Crippen molar-refractivity contribution in [3.05, 3.63) is 65.1 Å². The van der Waals surface area contributed by atoms with Crippen molar-refractivity contribution in [1.82, 2.24) is 20.2 Å². The molecule has 0 aliphatic carbocycles. The molecule has 1 aromatic carbocycles. The molecule has 1 fully saturated rings. The molecule has 0 amide bonds. The van der Waals surface area contributed by atoms with Crippen LogP contribution in [0, 0.1) is 0 Å². The Balaban J connectivity index is 0.00000240. The summed E-state index contributed by atoms with van der Waals surface area (Å²) in [7, 11) is 1.84. The molecule has 1 aliphatic rings. The van der Waals surface area contributed by atoms with Crippen LogP contribution in [0.3, 0.4) is 0 Å². The highest BCUT2D eigenvalue weighted by Gasteiger charge is 2.20. The number of nitrogens with one attached hydrogen (secondary N) is 1. The minimum Gasteiger partial charge on any atom is -0.353 e. The largest absolute Gasteiger partial charge is 0.353 e. The predicted octanol–water partition coefficient (Wildman–Crippen LogP) is 3.72. The molecule has 1 aliphatic heterocycles. The SMILES string of the molecule is CN=C(NCc1nc(-c2ccccc2)cs1)N1CCN(c2ccccn2)CC1.I. The molecule has 8 heteroatoms. The van der Waals surface area contributed by atoms with Gasteiger partial charge in [0.1, 0.15) is 10.8 Å². The smallest absolute Gasteiger partial charge is 0.194 e. The van der Waals surface area contributed by atoms with Crippen LogP contribution in [0.5, 0.6) is 0 Å². The zero-order valence-electron chi connectivity index (χ0n) is 16.4. The number of piperazine rings is 1. The molecule has 1 saturated heterocycles. The highest BCUT2D eigenvalue weighted by molar-refractivity contribution is 14.0. The van der Waals surface area contributed by atoms with Crippen molar-refractivity contribution in [2.24, 2.45) is 4.99 Å². The maximum absolute atomic E-state index is 4.75. The molecule has 152 valence electrons. The molecule has 29 heavy (non-hydrogen) atoms. The number of pyridine rings is 1. The van der Waals surface area contributed by atoms with Crippen molar-refractivity contribution in [3.63, 3.8) is 0 Å². The number of thiazole rings is 1. The first-order valence-electron chi connectivity index (χ1n) is 9.45. The van der Waals surface area contributed by atoms with E-state index in [4.69, 9.17) is 4.98 Å². The van der Waals surface area contributed by atoms with Crippen LogP contribution in [0.25, 0.3) is 11.3 Å². The van der Waals surface area contributed by atoms with Gasteiger partial charge in [-0.05, 0) is 12.1 Å². The molecule has 0 saturated carbocycles. The van der Waals surface area contributed by atoms with Gasteiger partial charge < -0.3 is 15.1 Å². The first kappa shape index (κ1) is 21.5. The molecular weight excluding hydrogens is 495 g/mol. The number of guanidine groups is 1. The third kappa shape index (κ3) is 5.45. The molecule has 0 bridgehead atoms. The molecule has 4 rings (SSSR count). The van der Waals surface area contributed by atoms with Gasteiger partial charge in [-0.1, -0.05) is 36.4 Å². The van der Waals surface area contributed by atoms with Gasteiger partial charge in [-0.3, -0.25) is 4.99 Å². The Kier molecular flexibility index (Phi) is 7.82. The average molecular weight is 520 g/mol. The molecule has 0 unspecified atom stereocenters. The monoisotopic (exact) mass is 520 g/mol. The molecule has 3 heterocycles. The van der Waals surface area contributed by atoms with E-state index in [2.05, 4.69) is 48.7 Å². The van der Waals surface area contributed by atoms with Crippen LogP contribution in [-0.4, -0.2) is 54.1 Å². The zero-order valence-corrected chi connectivity index (χ0v) is 19.5. The third-order valence-electron chi connectivity index (χ3n) is 4.78. The van der Waals surface area contributed by atoms with Crippen molar-refractivity contribution in [1.29, 1.82) is 0 Å². The normalized spacial score (nSPS) is 14.4. The molecule has 1 N–H and O–H groups in total. The summed E-state index contributed by atoms with van der Waals surface area (Å²) in [6.07, 6.45) is 1.85. The van der Waals surface area contributed by atoms with Gasteiger partial charge >= 0.3 is 0 Å². The fourth-order valence-electron chi connectivity index (χ4n) is 3.31. The van der Waals surface area contributed by atoms with Gasteiger partial charge in [0.15, 0.2) is 5.96 Å². The Hall–Kier alpha value is -2.20. The maximum atomic E-state index is 4.75. The first-order chi connectivity index (χ1) is 13.8. The predicted molar refractivity (Wildman–Crippen MR) is 131 cm³/mol. The first-order valence-corrected chi connectivity index (χ1v) is 10.3. The molecular formula is C21H25IN6S. The van der Waals surface area contributed by atoms with Gasteiger partial charge in [0, 0.05) is 50.4 Å². The lowest BCUT2D eigenvalue weighted by molar-refractivity contribution is 0.371. The van der Waals surface area contributed by atoms with E-state index in [0.29, 0.717) is 6.54 Å². The Morgan fingerprint density at radius 3 is 2.52 bits per heavy atom. The van der Waals surface area contributed by atoms with E-state index >= 15 is 0 Å². The maximum Gasteiger partial charge on any atom is 0.194 e. The summed E-state index contributed by atoms with van der Waals surface area (Å²) >= 11 is 1.68. The van der Waals surface area contributed by atoms with Crippen molar-refractivity contribution >= 4 is 47.1 Å². The number of hydrogen-bond donors (Lipinski definition) is 1. The Morgan fingerprint density at radius 2 is 1.83 bits per heavy atom. The average Bonchev–Trinajstić information content (AvgIpc) is 3.25. The Bertz CT molecular complexity index is 907. The quantitative estimate of drug-likeness (QED) is 0.323. The van der Waals surface area contributed by atoms with Crippen LogP contribution >= 0.6 is 35.3 Å². The fourth-order valence-corrected chi connectivity index (χ4v) is 4.05. The van der Waals surface area contributed by atoms with Crippen molar-refractivity contribution < 1.29 is 0 Å². The van der Waals surface area contributed by atoms with Crippen molar-refractivity contribution in [2.45, 2.75) is 6.54 Å². The van der Waals surface area contributed by atoms with E-state index in [1.54, 1.807) is 11.3 Å². The number of rotatable bonds is 4. The van der Waals surface area contributed by atoms with Gasteiger partial charge in [-0.15, -0.1) is 35.3 Å². The van der Waals surface area contributed by atoms with Crippen LogP contribution < -0.4 is 10.2 Å². The highest BCUT2D eigenvalue weighted by Crippen LogP contribution is 2.21. The van der Waals surface area contributed by atoms with E-state index in [1.165, 1.54) is 0 Å². The second-order valence-corrected chi connectivity index (χ2v) is 7.50. The second-order valence-electron chi connectivity index (χ2n) is 6.56. The summed E-state index contributed by atoms with van der Waals surface area (Å²) in [4.78, 5) is 18.3. The van der Waals surface area contributed by atoms with Gasteiger partial charge in [-0.25, -0.2) is 9.97 Å². The highest BCUT2D eigenvalue weighted by atomic mass is 127. The Labute approximate surface area is 192 Å². The van der Waals surface area contributed by atoms with Crippen molar-refractivity contribution in [2.75, 3.05) is 38.1 Å². The lowest BCUT2D eigenvalue weighted by atomic mass is 10.2. The third-order valence-corrected chi connectivity index (χ3v) is 5.63. The molecule has 0 atom stereocenters. The standard InChI is InChI=1S/C21H24N6S.HI/c1-22-21(27-13-11-26(12-14-27)19-9-5-6-10-23-19)24-15-20-25-18(16-28-20)17-7-3-2-4-8-17;/h2-10,16H,11-15H2,1H3,(H,22,24);1H. The molecule has 0 spiro atoms. The van der Waals surface area contributed by atoms with Gasteiger partial charge in [0.05, 0.1) is 12.2 Å². The van der Waals surface area contributed by atoms with E-state index in [9.17, 15) is 0 Å². The van der Waals surface area contributed by atoms with E-state index in [1.807, 2.05) is 43.6 Å². The number of hydrogen-bond acceptors (Lipinski definition) is 5. The number of nitrogens with zero attached hydrogens (tertiary/aromatic N) is 5. The summed E-state index contributed by atoms with van der Waals surface area (Å²) in [5, 5.41) is 6.64. The van der Waals surface area contributed by atoms with Gasteiger partial charge in [0.2, 0.25) is 0 Å². The van der Waals surface area contributed by atoms with Crippen molar-refractivity contribution in [3.8, 4) is 11.3 Å². The molecule has 0 radical (unpaired) electrons. The number of aliphatic imine (C=N–C) groups is 1. The van der Waals surface area contributed by atoms with Crippen LogP contribution in [-0.2, 0) is 6.54 Å². The number of aromatic nitrogens is 2. The topological polar surface area (TPSA) is 56.7 Å². The zero-order chi connectivity index (χ0) is 19.2. The lowest BCUT2D eigenvalue weighted by Gasteiger charge is -2.37. The minimum absolute atomic E-state index is 0. The fraction of sp³-hybridized carbons (Fsp3) is 0.286. The van der Waals surface area contributed by atoms with Gasteiger partial charge in [-0.2, -0.15) is 0 Å². The number of benzene rings is 1. The van der Waals surface area contributed by atoms with E-state index in [0.717, 1.165) is 54.2 Å². The number of anilines is 1. The number of halogens is 1. The molecule has 6 nitrogen and oxygen atoms in total. The molecule has 2 aromatic heterocycles. The second kappa shape index (κ2) is 10.5. The Morgan fingerprint density at radius 1 is 1.07 bits per heavy atom. The summed E-state index contributed by atoms with van der Waals surface area (Å²) in [5.41, 5.74) is 2.18. The summed E-state index contributed by atoms with van der Waals surface area (Å²) in [6.45, 7) is 4.40. The summed E-state index contributed by atoms with van der Waals surface area (Å²) in [6, 6.07) is 16.3. The molecule has 3 aromatic rings.